The molecular weight excluding hydrogens is 836 g/mol. The van der Waals surface area contributed by atoms with Gasteiger partial charge in [0, 0.05) is 24.9 Å². The fourth-order valence-corrected chi connectivity index (χ4v) is 14.3. The molecule has 6 aromatic rings. The van der Waals surface area contributed by atoms with Crippen LogP contribution in [0.1, 0.15) is 58.9 Å². The van der Waals surface area contributed by atoms with Gasteiger partial charge in [-0.3, -0.25) is 9.88 Å². The van der Waals surface area contributed by atoms with Gasteiger partial charge in [0.15, 0.2) is 19.2 Å². The number of fused-ring (bicyclic) bond motifs is 3. The lowest BCUT2D eigenvalue weighted by molar-refractivity contribution is -0.153. The Balaban J connectivity index is 1.13. The first kappa shape index (κ1) is 44.4. The summed E-state index contributed by atoms with van der Waals surface area (Å²) in [5.74, 6) is -1.68. The van der Waals surface area contributed by atoms with Gasteiger partial charge in [-0.1, -0.05) is 94.4 Å². The Labute approximate surface area is 364 Å². The van der Waals surface area contributed by atoms with Crippen LogP contribution < -0.4 is 24.6 Å². The van der Waals surface area contributed by atoms with Crippen molar-refractivity contribution in [2.45, 2.75) is 82.6 Å². The van der Waals surface area contributed by atoms with Gasteiger partial charge in [0.05, 0.1) is 17.5 Å². The highest BCUT2D eigenvalue weighted by molar-refractivity contribution is 6.99. The highest BCUT2D eigenvalue weighted by Crippen LogP contribution is 2.45. The van der Waals surface area contributed by atoms with Gasteiger partial charge < -0.3 is 23.4 Å². The quantitative estimate of drug-likeness (QED) is 0.0569. The fraction of sp³-hybridized carbons (Fsp3) is 0.396. The maximum absolute atomic E-state index is 17.1. The minimum absolute atomic E-state index is 0.0725. The van der Waals surface area contributed by atoms with E-state index in [0.29, 0.717) is 28.7 Å². The van der Waals surface area contributed by atoms with E-state index in [9.17, 15) is 13.2 Å². The molecule has 2 saturated heterocycles. The van der Waals surface area contributed by atoms with Gasteiger partial charge in [-0.2, -0.15) is 23.1 Å². The van der Waals surface area contributed by atoms with Crippen LogP contribution in [0.15, 0.2) is 91.1 Å². The Morgan fingerprint density at radius 3 is 2.24 bits per heavy atom. The molecule has 0 N–H and O–H groups in total. The van der Waals surface area contributed by atoms with E-state index in [-0.39, 0.29) is 59.1 Å². The number of rotatable bonds is 15. The summed E-state index contributed by atoms with van der Waals surface area (Å²) in [5, 5.41) is 2.96. The second-order valence-corrected chi connectivity index (χ2v) is 21.7. The minimum Gasteiger partial charge on any atom is -0.468 e. The molecule has 4 aromatic carbocycles. The van der Waals surface area contributed by atoms with Gasteiger partial charge in [0.25, 0.3) is 8.32 Å². The normalized spacial score (nSPS) is 18.3. The number of hydrogen-bond donors (Lipinski definition) is 0. The van der Waals surface area contributed by atoms with Crippen molar-refractivity contribution in [3.63, 3.8) is 0 Å². The Morgan fingerprint density at radius 1 is 0.873 bits per heavy atom. The number of ether oxygens (including phenoxy) is 4. The number of methoxy groups -OCH3 is 1. The Morgan fingerprint density at radius 2 is 1.59 bits per heavy atom. The van der Waals surface area contributed by atoms with Crippen LogP contribution in [0.4, 0.5) is 22.0 Å². The minimum atomic E-state index is -4.72. The topological polar surface area (TPSA) is 88.1 Å². The molecule has 9 nitrogen and oxygen atoms in total. The summed E-state index contributed by atoms with van der Waals surface area (Å²) < 4.78 is 103. The van der Waals surface area contributed by atoms with E-state index in [1.165, 1.54) is 29.6 Å². The number of hydrogen-bond acceptors (Lipinski definition) is 9. The van der Waals surface area contributed by atoms with Crippen molar-refractivity contribution < 1.29 is 45.3 Å². The van der Waals surface area contributed by atoms with E-state index in [2.05, 4.69) is 89.2 Å². The SMILES string of the molecule is CCc1c(F)ccc2cc(OCOC)cc(-c3ncc4c(OCC(F)(F)F)nc(OC[C@]56CCCN5[C@H](CO[Si](c5ccccc5)(c5ccccc5)C(C)(C)C)CC6)nc4c3F)c12. The van der Waals surface area contributed by atoms with Gasteiger partial charge in [-0.05, 0) is 88.6 Å². The summed E-state index contributed by atoms with van der Waals surface area (Å²) in [6.45, 7) is 8.14. The molecule has 63 heavy (non-hydrogen) atoms. The molecule has 0 aliphatic carbocycles. The molecule has 2 aromatic heterocycles. The molecule has 2 aliphatic heterocycles. The smallest absolute Gasteiger partial charge is 0.422 e. The van der Waals surface area contributed by atoms with Crippen molar-refractivity contribution >= 4 is 40.4 Å². The molecule has 2 atom stereocenters. The highest BCUT2D eigenvalue weighted by Gasteiger charge is 2.54. The van der Waals surface area contributed by atoms with Crippen molar-refractivity contribution in [1.29, 1.82) is 0 Å². The first-order valence-electron chi connectivity index (χ1n) is 21.3. The van der Waals surface area contributed by atoms with Crippen LogP contribution in [0, 0.1) is 11.6 Å². The van der Waals surface area contributed by atoms with E-state index in [1.807, 2.05) is 12.1 Å². The molecule has 0 amide bonds. The predicted molar refractivity (Wildman–Crippen MR) is 234 cm³/mol. The zero-order valence-electron chi connectivity index (χ0n) is 36.0. The largest absolute Gasteiger partial charge is 0.468 e. The average molecular weight is 887 g/mol. The van der Waals surface area contributed by atoms with E-state index in [0.717, 1.165) is 38.4 Å². The number of aromatic nitrogens is 3. The van der Waals surface area contributed by atoms with Crippen LogP contribution >= 0.6 is 0 Å². The summed E-state index contributed by atoms with van der Waals surface area (Å²) in [4.78, 5) is 15.5. The van der Waals surface area contributed by atoms with Crippen LogP contribution in [0.3, 0.4) is 0 Å². The molecule has 0 saturated carbocycles. The Hall–Kier alpha value is -5.22. The summed E-state index contributed by atoms with van der Waals surface area (Å²) in [5.41, 5.74) is -0.491. The molecule has 8 rings (SSSR count). The number of pyridine rings is 1. The number of aryl methyl sites for hydroxylation is 1. The van der Waals surface area contributed by atoms with Gasteiger partial charge in [-0.15, -0.1) is 0 Å². The van der Waals surface area contributed by atoms with E-state index >= 15 is 8.78 Å². The molecule has 0 radical (unpaired) electrons. The number of nitrogens with zero attached hydrogens (tertiary/aromatic N) is 4. The third-order valence-electron chi connectivity index (χ3n) is 12.5. The zero-order valence-corrected chi connectivity index (χ0v) is 37.0. The van der Waals surface area contributed by atoms with Crippen LogP contribution in [-0.4, -0.2) is 86.2 Å². The average Bonchev–Trinajstić information content (AvgIpc) is 3.84. The second kappa shape index (κ2) is 17.7. The van der Waals surface area contributed by atoms with Crippen LogP contribution in [0.5, 0.6) is 17.6 Å². The molecule has 332 valence electrons. The van der Waals surface area contributed by atoms with Gasteiger partial charge in [0.2, 0.25) is 5.88 Å². The Kier molecular flexibility index (Phi) is 12.5. The van der Waals surface area contributed by atoms with Crippen LogP contribution in [0.2, 0.25) is 5.04 Å². The van der Waals surface area contributed by atoms with E-state index < -0.39 is 44.2 Å². The molecule has 0 bridgehead atoms. The molecular formula is C48H51F5N4O5Si. The molecule has 2 fully saturated rings. The summed E-state index contributed by atoms with van der Waals surface area (Å²) in [6, 6.07) is 26.8. The van der Waals surface area contributed by atoms with Crippen molar-refractivity contribution in [3.05, 3.63) is 108 Å². The zero-order chi connectivity index (χ0) is 44.6. The predicted octanol–water partition coefficient (Wildman–Crippen LogP) is 9.56. The van der Waals surface area contributed by atoms with Crippen molar-refractivity contribution in [3.8, 4) is 28.9 Å². The highest BCUT2D eigenvalue weighted by atomic mass is 28.4. The fourth-order valence-electron chi connectivity index (χ4n) is 9.73. The van der Waals surface area contributed by atoms with E-state index in [4.69, 9.17) is 23.4 Å². The molecule has 15 heteroatoms. The van der Waals surface area contributed by atoms with Crippen LogP contribution in [-0.2, 0) is 15.6 Å². The van der Waals surface area contributed by atoms with Crippen molar-refractivity contribution in [2.24, 2.45) is 0 Å². The lowest BCUT2D eigenvalue weighted by Crippen LogP contribution is -2.67. The standard InChI is InChI=1S/C48H51F5N4O5Si/c1-6-36-39(49)19-18-31-24-33(61-30-58-5)25-37(40(31)36)42-41(50)43-38(26-54-42)44(59-29-48(51,52)53)56-45(55-43)60-28-47-21-13-23-57(47)32(20-22-47)27-62-63(46(2,3)4,34-14-9-7-10-15-34)35-16-11-8-12-17-35/h7-12,14-19,24-26,32H,6,13,20-23,27-30H2,1-5H3/t32-,47+/m0/s1. The molecule has 0 unspecified atom stereocenters. The lowest BCUT2D eigenvalue weighted by Gasteiger charge is -2.44. The molecule has 2 aliphatic rings. The Bertz CT molecular complexity index is 2540. The third kappa shape index (κ3) is 8.60. The molecule has 0 spiro atoms. The first-order valence-corrected chi connectivity index (χ1v) is 23.2. The summed E-state index contributed by atoms with van der Waals surface area (Å²) >= 11 is 0. The van der Waals surface area contributed by atoms with Gasteiger partial charge in [-0.25, -0.2) is 8.78 Å². The monoisotopic (exact) mass is 886 g/mol. The second-order valence-electron chi connectivity index (χ2n) is 17.4. The van der Waals surface area contributed by atoms with Gasteiger partial charge >= 0.3 is 12.2 Å². The van der Waals surface area contributed by atoms with E-state index in [1.54, 1.807) is 19.1 Å². The van der Waals surface area contributed by atoms with Gasteiger partial charge in [0.1, 0.15) is 29.4 Å². The van der Waals surface area contributed by atoms with Crippen molar-refractivity contribution in [1.82, 2.24) is 19.9 Å². The third-order valence-corrected chi connectivity index (χ3v) is 17.5. The van der Waals surface area contributed by atoms with Crippen LogP contribution in [0.25, 0.3) is 32.9 Å². The number of benzene rings is 4. The summed E-state index contributed by atoms with van der Waals surface area (Å²) in [7, 11) is -1.37. The van der Waals surface area contributed by atoms with Crippen molar-refractivity contribution in [2.75, 3.05) is 40.3 Å². The first-order chi connectivity index (χ1) is 30.2. The summed E-state index contributed by atoms with van der Waals surface area (Å²) in [6.07, 6.45) is 0.0536. The lowest BCUT2D eigenvalue weighted by atomic mass is 9.94. The maximum atomic E-state index is 17.1. The maximum Gasteiger partial charge on any atom is 0.422 e. The number of halogens is 5. The molecule has 4 heterocycles. The number of alkyl halides is 3.